The predicted molar refractivity (Wildman–Crippen MR) is 85.7 cm³/mol. The molecule has 0 aliphatic carbocycles. The highest BCUT2D eigenvalue weighted by atomic mass is 35.5. The maximum atomic E-state index is 9.15. The molecule has 0 fully saturated rings. The average Bonchev–Trinajstić information content (AvgIpc) is 2.46. The third kappa shape index (κ3) is 4.38. The summed E-state index contributed by atoms with van der Waals surface area (Å²) in [5.41, 5.74) is 3.05. The minimum Gasteiger partial charge on any atom is -0.395 e. The third-order valence-electron chi connectivity index (χ3n) is 3.42. The van der Waals surface area contributed by atoms with Crippen LogP contribution in [0.4, 0.5) is 0 Å². The lowest BCUT2D eigenvalue weighted by atomic mass is 10.1. The topological polar surface area (TPSA) is 45.6 Å². The number of nitrogens with zero attached hydrogens (tertiary/aromatic N) is 2. The number of hydrogen-bond acceptors (Lipinski definition) is 4. The lowest BCUT2D eigenvalue weighted by molar-refractivity contribution is 0.127. The van der Waals surface area contributed by atoms with Gasteiger partial charge in [0.05, 0.1) is 18.7 Å². The zero-order valence-corrected chi connectivity index (χ0v) is 13.2. The number of rotatable bonds is 7. The van der Waals surface area contributed by atoms with Gasteiger partial charge in [0.25, 0.3) is 0 Å². The van der Waals surface area contributed by atoms with Crippen molar-refractivity contribution in [2.75, 3.05) is 33.4 Å². The van der Waals surface area contributed by atoms with E-state index in [0.29, 0.717) is 24.8 Å². The standard InChI is InChI=1S/C16H21ClN2O2/c1-12-3-4-13-10-14(16(17)18-15(13)9-12)11-19(5-7-20)6-8-21-2/h3-4,9-10,20H,5-8,11H2,1-2H3. The fraction of sp³-hybridized carbons (Fsp3) is 0.438. The van der Waals surface area contributed by atoms with Crippen LogP contribution in [0.2, 0.25) is 5.15 Å². The number of hydrogen-bond donors (Lipinski definition) is 1. The maximum absolute atomic E-state index is 9.15. The van der Waals surface area contributed by atoms with Gasteiger partial charge in [-0.05, 0) is 24.6 Å². The number of fused-ring (bicyclic) bond motifs is 1. The molecule has 4 nitrogen and oxygen atoms in total. The van der Waals surface area contributed by atoms with Gasteiger partial charge in [-0.3, -0.25) is 4.90 Å². The van der Waals surface area contributed by atoms with E-state index in [0.717, 1.165) is 23.0 Å². The fourth-order valence-corrected chi connectivity index (χ4v) is 2.49. The number of pyridine rings is 1. The van der Waals surface area contributed by atoms with Gasteiger partial charge in [0, 0.05) is 37.7 Å². The highest BCUT2D eigenvalue weighted by molar-refractivity contribution is 6.30. The molecule has 1 aromatic carbocycles. The van der Waals surface area contributed by atoms with E-state index in [1.54, 1.807) is 7.11 Å². The van der Waals surface area contributed by atoms with Crippen molar-refractivity contribution in [1.82, 2.24) is 9.88 Å². The molecule has 114 valence electrons. The highest BCUT2D eigenvalue weighted by Crippen LogP contribution is 2.22. The maximum Gasteiger partial charge on any atom is 0.134 e. The molecule has 0 amide bonds. The third-order valence-corrected chi connectivity index (χ3v) is 3.75. The molecule has 1 N–H and O–H groups in total. The molecule has 0 saturated heterocycles. The van der Waals surface area contributed by atoms with Gasteiger partial charge in [-0.15, -0.1) is 0 Å². The predicted octanol–water partition coefficient (Wildman–Crippen LogP) is 2.64. The van der Waals surface area contributed by atoms with E-state index in [1.807, 2.05) is 13.0 Å². The first-order valence-electron chi connectivity index (χ1n) is 7.02. The molecule has 0 aliphatic rings. The SMILES string of the molecule is COCCN(CCO)Cc1cc2ccc(C)cc2nc1Cl. The Morgan fingerprint density at radius 3 is 2.81 bits per heavy atom. The summed E-state index contributed by atoms with van der Waals surface area (Å²) in [7, 11) is 1.67. The molecule has 0 atom stereocenters. The van der Waals surface area contributed by atoms with Gasteiger partial charge in [-0.2, -0.15) is 0 Å². The number of methoxy groups -OCH3 is 1. The van der Waals surface area contributed by atoms with E-state index in [-0.39, 0.29) is 6.61 Å². The summed E-state index contributed by atoms with van der Waals surface area (Å²) in [5.74, 6) is 0. The van der Waals surface area contributed by atoms with Crippen molar-refractivity contribution in [3.05, 3.63) is 40.5 Å². The Bertz CT molecular complexity index is 604. The molecule has 0 radical (unpaired) electrons. The molecule has 5 heteroatoms. The molecule has 2 aromatic rings. The van der Waals surface area contributed by atoms with Crippen LogP contribution in [-0.2, 0) is 11.3 Å². The van der Waals surface area contributed by atoms with Crippen LogP contribution in [0.3, 0.4) is 0 Å². The Labute approximate surface area is 130 Å². The number of aromatic nitrogens is 1. The molecule has 0 spiro atoms. The zero-order chi connectivity index (χ0) is 15.2. The van der Waals surface area contributed by atoms with Crippen LogP contribution in [0.1, 0.15) is 11.1 Å². The van der Waals surface area contributed by atoms with E-state index in [2.05, 4.69) is 28.1 Å². The number of aliphatic hydroxyl groups excluding tert-OH is 1. The molecule has 1 heterocycles. The fourth-order valence-electron chi connectivity index (χ4n) is 2.28. The Balaban J connectivity index is 2.23. The van der Waals surface area contributed by atoms with E-state index in [4.69, 9.17) is 21.4 Å². The van der Waals surface area contributed by atoms with Gasteiger partial charge in [-0.25, -0.2) is 4.98 Å². The van der Waals surface area contributed by atoms with Gasteiger partial charge in [-0.1, -0.05) is 23.7 Å². The molecular formula is C16H21ClN2O2. The van der Waals surface area contributed by atoms with E-state index in [9.17, 15) is 0 Å². The lowest BCUT2D eigenvalue weighted by Crippen LogP contribution is -2.30. The van der Waals surface area contributed by atoms with Crippen molar-refractivity contribution in [3.63, 3.8) is 0 Å². The first-order valence-corrected chi connectivity index (χ1v) is 7.39. The quantitative estimate of drug-likeness (QED) is 0.799. The van der Waals surface area contributed by atoms with Crippen LogP contribution in [0.5, 0.6) is 0 Å². The van der Waals surface area contributed by atoms with Gasteiger partial charge in [0.1, 0.15) is 5.15 Å². The second kappa shape index (κ2) is 7.71. The van der Waals surface area contributed by atoms with Gasteiger partial charge in [0.2, 0.25) is 0 Å². The molecule has 0 saturated carbocycles. The highest BCUT2D eigenvalue weighted by Gasteiger charge is 2.10. The molecule has 2 rings (SSSR count). The lowest BCUT2D eigenvalue weighted by Gasteiger charge is -2.21. The summed E-state index contributed by atoms with van der Waals surface area (Å²) in [6.07, 6.45) is 0. The monoisotopic (exact) mass is 308 g/mol. The molecule has 0 aliphatic heterocycles. The largest absolute Gasteiger partial charge is 0.395 e. The zero-order valence-electron chi connectivity index (χ0n) is 12.5. The van der Waals surface area contributed by atoms with Crippen molar-refractivity contribution >= 4 is 22.5 Å². The van der Waals surface area contributed by atoms with Crippen LogP contribution >= 0.6 is 11.6 Å². The Hall–Kier alpha value is -1.20. The van der Waals surface area contributed by atoms with Crippen molar-refractivity contribution in [2.24, 2.45) is 0 Å². The smallest absolute Gasteiger partial charge is 0.134 e. The number of halogens is 1. The Kier molecular flexibility index (Phi) is 5.94. The van der Waals surface area contributed by atoms with Crippen LogP contribution in [0.15, 0.2) is 24.3 Å². The number of benzene rings is 1. The van der Waals surface area contributed by atoms with Gasteiger partial charge in [0.15, 0.2) is 0 Å². The second-order valence-corrected chi connectivity index (χ2v) is 5.49. The summed E-state index contributed by atoms with van der Waals surface area (Å²) < 4.78 is 5.10. The van der Waals surface area contributed by atoms with Crippen LogP contribution < -0.4 is 0 Å². The van der Waals surface area contributed by atoms with E-state index >= 15 is 0 Å². The van der Waals surface area contributed by atoms with Crippen LogP contribution in [-0.4, -0.2) is 48.4 Å². The van der Waals surface area contributed by atoms with E-state index < -0.39 is 0 Å². The number of aliphatic hydroxyl groups is 1. The summed E-state index contributed by atoms with van der Waals surface area (Å²) in [4.78, 5) is 6.58. The van der Waals surface area contributed by atoms with Crippen molar-refractivity contribution in [2.45, 2.75) is 13.5 Å². The van der Waals surface area contributed by atoms with Gasteiger partial charge >= 0.3 is 0 Å². The molecule has 21 heavy (non-hydrogen) atoms. The molecule has 0 unspecified atom stereocenters. The van der Waals surface area contributed by atoms with Crippen molar-refractivity contribution in [1.29, 1.82) is 0 Å². The number of aryl methyl sites for hydroxylation is 1. The second-order valence-electron chi connectivity index (χ2n) is 5.13. The summed E-state index contributed by atoms with van der Waals surface area (Å²) >= 11 is 6.30. The Morgan fingerprint density at radius 1 is 1.29 bits per heavy atom. The summed E-state index contributed by atoms with van der Waals surface area (Å²) in [6.45, 7) is 4.76. The number of ether oxygens (including phenoxy) is 1. The van der Waals surface area contributed by atoms with Crippen LogP contribution in [0.25, 0.3) is 10.9 Å². The van der Waals surface area contributed by atoms with E-state index in [1.165, 1.54) is 5.56 Å². The summed E-state index contributed by atoms with van der Waals surface area (Å²) in [6, 6.07) is 8.23. The first kappa shape index (κ1) is 16.2. The van der Waals surface area contributed by atoms with Crippen LogP contribution in [0, 0.1) is 6.92 Å². The van der Waals surface area contributed by atoms with Gasteiger partial charge < -0.3 is 9.84 Å². The van der Waals surface area contributed by atoms with Crippen molar-refractivity contribution < 1.29 is 9.84 Å². The first-order chi connectivity index (χ1) is 10.1. The van der Waals surface area contributed by atoms with Crippen molar-refractivity contribution in [3.8, 4) is 0 Å². The minimum atomic E-state index is 0.113. The Morgan fingerprint density at radius 2 is 2.10 bits per heavy atom. The summed E-state index contributed by atoms with van der Waals surface area (Å²) in [5, 5.41) is 10.8. The molecule has 0 bridgehead atoms. The average molecular weight is 309 g/mol. The molecule has 1 aromatic heterocycles. The molecular weight excluding hydrogens is 288 g/mol. The normalized spacial score (nSPS) is 11.5. The minimum absolute atomic E-state index is 0.113.